The van der Waals surface area contributed by atoms with Gasteiger partial charge in [-0.3, -0.25) is 9.48 Å². The number of carbonyl (C=O) groups is 1. The molecule has 0 saturated carbocycles. The molecule has 1 aliphatic rings. The van der Waals surface area contributed by atoms with Crippen LogP contribution in [0.4, 0.5) is 0 Å². The van der Waals surface area contributed by atoms with Crippen LogP contribution in [0.5, 0.6) is 0 Å². The lowest BCUT2D eigenvalue weighted by Gasteiger charge is -2.19. The molecule has 1 aliphatic heterocycles. The molecule has 2 heterocycles. The molecule has 1 atom stereocenters. The molecule has 2 rings (SSSR count). The van der Waals surface area contributed by atoms with Crippen molar-refractivity contribution >= 4 is 29.3 Å². The molecule has 5 heteroatoms. The second-order valence-electron chi connectivity index (χ2n) is 3.60. The first kappa shape index (κ1) is 11.1. The quantitative estimate of drug-likeness (QED) is 0.802. The van der Waals surface area contributed by atoms with Crippen molar-refractivity contribution in [2.75, 3.05) is 17.3 Å². The zero-order valence-corrected chi connectivity index (χ0v) is 10.3. The fourth-order valence-corrected chi connectivity index (χ4v) is 4.20. The van der Waals surface area contributed by atoms with E-state index in [4.69, 9.17) is 0 Å². The molecule has 82 valence electrons. The number of thioether (sulfide) groups is 2. The lowest BCUT2D eigenvalue weighted by atomic mass is 10.1. The number of nitrogens with zero attached hydrogens (tertiary/aromatic N) is 2. The SMILES string of the molecule is Cn1cc(CC(=O)C2CSCCS2)cn1. The van der Waals surface area contributed by atoms with Crippen LogP contribution in [0, 0.1) is 0 Å². The van der Waals surface area contributed by atoms with Crippen molar-refractivity contribution in [1.29, 1.82) is 0 Å². The zero-order valence-electron chi connectivity index (χ0n) is 8.68. The number of aryl methyl sites for hydroxylation is 1. The number of rotatable bonds is 3. The molecule has 3 nitrogen and oxygen atoms in total. The minimum Gasteiger partial charge on any atom is -0.298 e. The molecule has 0 aromatic carbocycles. The second-order valence-corrected chi connectivity index (χ2v) is 6.06. The summed E-state index contributed by atoms with van der Waals surface area (Å²) in [6, 6.07) is 0. The molecule has 0 radical (unpaired) electrons. The standard InChI is InChI=1S/C10H14N2OS2/c1-12-6-8(5-11-12)4-9(13)10-7-14-2-3-15-10/h5-6,10H,2-4,7H2,1H3. The third-order valence-corrected chi connectivity index (χ3v) is 5.11. The summed E-state index contributed by atoms with van der Waals surface area (Å²) in [7, 11) is 1.87. The maximum absolute atomic E-state index is 11.9. The van der Waals surface area contributed by atoms with Crippen LogP contribution in [0.1, 0.15) is 5.56 Å². The maximum atomic E-state index is 11.9. The van der Waals surface area contributed by atoms with Gasteiger partial charge in [-0.05, 0) is 5.56 Å². The first-order chi connectivity index (χ1) is 7.25. The van der Waals surface area contributed by atoms with Gasteiger partial charge in [0, 0.05) is 36.9 Å². The molecular formula is C10H14N2OS2. The summed E-state index contributed by atoms with van der Waals surface area (Å²) in [5, 5.41) is 4.27. The van der Waals surface area contributed by atoms with Crippen molar-refractivity contribution in [3.63, 3.8) is 0 Å². The van der Waals surface area contributed by atoms with Gasteiger partial charge < -0.3 is 0 Å². The van der Waals surface area contributed by atoms with E-state index in [9.17, 15) is 4.79 Å². The van der Waals surface area contributed by atoms with Gasteiger partial charge >= 0.3 is 0 Å². The van der Waals surface area contributed by atoms with E-state index in [1.807, 2.05) is 25.0 Å². The fraction of sp³-hybridized carbons (Fsp3) is 0.600. The topological polar surface area (TPSA) is 34.9 Å². The van der Waals surface area contributed by atoms with Gasteiger partial charge in [0.25, 0.3) is 0 Å². The van der Waals surface area contributed by atoms with E-state index in [0.717, 1.165) is 17.1 Å². The number of ketones is 1. The van der Waals surface area contributed by atoms with Crippen LogP contribution in [-0.2, 0) is 18.3 Å². The number of hydrogen-bond donors (Lipinski definition) is 0. The van der Waals surface area contributed by atoms with Gasteiger partial charge in [0.1, 0.15) is 0 Å². The molecule has 1 aromatic heterocycles. The van der Waals surface area contributed by atoms with Crippen molar-refractivity contribution in [2.45, 2.75) is 11.7 Å². The van der Waals surface area contributed by atoms with E-state index in [1.54, 1.807) is 22.6 Å². The second kappa shape index (κ2) is 5.07. The molecule has 0 amide bonds. The van der Waals surface area contributed by atoms with Crippen molar-refractivity contribution in [1.82, 2.24) is 9.78 Å². The van der Waals surface area contributed by atoms with Gasteiger partial charge in [0.15, 0.2) is 5.78 Å². The lowest BCUT2D eigenvalue weighted by Crippen LogP contribution is -2.25. The van der Waals surface area contributed by atoms with Crippen LogP contribution in [0.2, 0.25) is 0 Å². The highest BCUT2D eigenvalue weighted by molar-refractivity contribution is 8.07. The molecule has 0 N–H and O–H groups in total. The third-order valence-electron chi connectivity index (χ3n) is 2.31. The summed E-state index contributed by atoms with van der Waals surface area (Å²) in [6.45, 7) is 0. The molecule has 1 aromatic rings. The Bertz CT molecular complexity index is 345. The highest BCUT2D eigenvalue weighted by Gasteiger charge is 2.22. The van der Waals surface area contributed by atoms with Gasteiger partial charge in [0.05, 0.1) is 11.4 Å². The molecule has 1 fully saturated rings. The number of Topliss-reactive ketones (excluding diaryl/α,β-unsaturated/α-hetero) is 1. The smallest absolute Gasteiger partial charge is 0.151 e. The van der Waals surface area contributed by atoms with Crippen LogP contribution in [0.15, 0.2) is 12.4 Å². The fourth-order valence-electron chi connectivity index (χ4n) is 1.55. The molecule has 0 bridgehead atoms. The van der Waals surface area contributed by atoms with Crippen LogP contribution >= 0.6 is 23.5 Å². The van der Waals surface area contributed by atoms with E-state index >= 15 is 0 Å². The van der Waals surface area contributed by atoms with Crippen LogP contribution in [0.3, 0.4) is 0 Å². The highest BCUT2D eigenvalue weighted by atomic mass is 32.2. The summed E-state index contributed by atoms with van der Waals surface area (Å²) in [5.74, 6) is 3.61. The van der Waals surface area contributed by atoms with Crippen LogP contribution < -0.4 is 0 Å². The van der Waals surface area contributed by atoms with Gasteiger partial charge in [-0.15, -0.1) is 11.8 Å². The summed E-state index contributed by atoms with van der Waals surface area (Å²) in [5.41, 5.74) is 1.03. The Hall–Kier alpha value is -0.420. The van der Waals surface area contributed by atoms with Gasteiger partial charge in [-0.2, -0.15) is 16.9 Å². The van der Waals surface area contributed by atoms with E-state index in [0.29, 0.717) is 12.2 Å². The van der Waals surface area contributed by atoms with Crippen molar-refractivity contribution in [3.8, 4) is 0 Å². The van der Waals surface area contributed by atoms with Crippen molar-refractivity contribution in [2.24, 2.45) is 7.05 Å². The van der Waals surface area contributed by atoms with Crippen LogP contribution in [-0.4, -0.2) is 38.1 Å². The Balaban J connectivity index is 1.91. The molecule has 15 heavy (non-hydrogen) atoms. The van der Waals surface area contributed by atoms with Gasteiger partial charge in [-0.25, -0.2) is 0 Å². The summed E-state index contributed by atoms with van der Waals surface area (Å²) < 4.78 is 1.74. The Morgan fingerprint density at radius 2 is 2.53 bits per heavy atom. The Morgan fingerprint density at radius 3 is 3.13 bits per heavy atom. The number of hydrogen-bond acceptors (Lipinski definition) is 4. The van der Waals surface area contributed by atoms with Gasteiger partial charge in [-0.1, -0.05) is 0 Å². The van der Waals surface area contributed by atoms with Crippen molar-refractivity contribution in [3.05, 3.63) is 18.0 Å². The Labute approximate surface area is 98.0 Å². The first-order valence-corrected chi connectivity index (χ1v) is 7.15. The molecule has 0 aliphatic carbocycles. The average molecular weight is 242 g/mol. The molecule has 0 spiro atoms. The van der Waals surface area contributed by atoms with E-state index in [-0.39, 0.29) is 5.25 Å². The number of aromatic nitrogens is 2. The van der Waals surface area contributed by atoms with E-state index in [1.165, 1.54) is 5.75 Å². The predicted molar refractivity (Wildman–Crippen MR) is 65.5 cm³/mol. The minimum atomic E-state index is 0.198. The monoisotopic (exact) mass is 242 g/mol. The predicted octanol–water partition coefficient (Wildman–Crippen LogP) is 1.38. The Kier molecular flexibility index (Phi) is 3.75. The lowest BCUT2D eigenvalue weighted by molar-refractivity contribution is -0.117. The molecule has 1 saturated heterocycles. The summed E-state index contributed by atoms with van der Waals surface area (Å²) in [4.78, 5) is 11.9. The van der Waals surface area contributed by atoms with Crippen LogP contribution in [0.25, 0.3) is 0 Å². The minimum absolute atomic E-state index is 0.198. The average Bonchev–Trinajstić information content (AvgIpc) is 2.65. The van der Waals surface area contributed by atoms with Gasteiger partial charge in [0.2, 0.25) is 0 Å². The normalized spacial score (nSPS) is 21.5. The number of carbonyl (C=O) groups excluding carboxylic acids is 1. The maximum Gasteiger partial charge on any atom is 0.151 e. The first-order valence-electron chi connectivity index (χ1n) is 4.95. The van der Waals surface area contributed by atoms with E-state index in [2.05, 4.69) is 5.10 Å². The third kappa shape index (κ3) is 3.01. The Morgan fingerprint density at radius 1 is 1.67 bits per heavy atom. The zero-order chi connectivity index (χ0) is 10.7. The summed E-state index contributed by atoms with van der Waals surface area (Å²) in [6.07, 6.45) is 4.23. The molecule has 1 unspecified atom stereocenters. The highest BCUT2D eigenvalue weighted by Crippen LogP contribution is 2.25. The van der Waals surface area contributed by atoms with E-state index < -0.39 is 0 Å². The largest absolute Gasteiger partial charge is 0.298 e. The van der Waals surface area contributed by atoms with Crippen molar-refractivity contribution < 1.29 is 4.79 Å². The summed E-state index contributed by atoms with van der Waals surface area (Å²) >= 11 is 3.68. The molecular weight excluding hydrogens is 228 g/mol.